The molecule has 1 N–H and O–H groups in total. The van der Waals surface area contributed by atoms with E-state index in [4.69, 9.17) is 5.26 Å². The minimum atomic E-state index is -1.06. The third-order valence-corrected chi connectivity index (χ3v) is 4.90. The molecule has 0 bridgehead atoms. The molecule has 112 valence electrons. The van der Waals surface area contributed by atoms with Gasteiger partial charge in [-0.1, -0.05) is 0 Å². The van der Waals surface area contributed by atoms with Gasteiger partial charge in [0, 0.05) is 0 Å². The molecule has 0 spiro atoms. The summed E-state index contributed by atoms with van der Waals surface area (Å²) in [6, 6.07) is 1.48. The average molecular weight is 457 g/mol. The van der Waals surface area contributed by atoms with E-state index >= 15 is 0 Å². The Labute approximate surface area is 142 Å². The van der Waals surface area contributed by atoms with Crippen LogP contribution in [0, 0.1) is 11.3 Å². The number of carboxylic acids is 1. The summed E-state index contributed by atoms with van der Waals surface area (Å²) in [6.45, 7) is 0. The molecule has 1 atom stereocenters. The number of imidazole rings is 1. The fourth-order valence-electron chi connectivity index (χ4n) is 1.64. The molecule has 1 rings (SSSR count). The molecular formula is C12H19IN4O2Se. The van der Waals surface area contributed by atoms with Crippen molar-refractivity contribution in [3.63, 3.8) is 0 Å². The van der Waals surface area contributed by atoms with Gasteiger partial charge in [-0.15, -0.1) is 24.0 Å². The van der Waals surface area contributed by atoms with Crippen LogP contribution in [0.5, 0.6) is 0 Å². The van der Waals surface area contributed by atoms with Crippen molar-refractivity contribution in [3.8, 4) is 6.07 Å². The molecule has 20 heavy (non-hydrogen) atoms. The minimum Gasteiger partial charge on any atom is -0.107 e. The van der Waals surface area contributed by atoms with Gasteiger partial charge in [0.05, 0.1) is 0 Å². The molecule has 0 aromatic carbocycles. The third-order valence-electron chi connectivity index (χ3n) is 2.74. The number of H-pyrrole nitrogens is 1. The molecule has 1 heterocycles. The largest absolute Gasteiger partial charge is 0.107 e. The number of hydrogen-bond donors (Lipinski definition) is 1. The van der Waals surface area contributed by atoms with Crippen LogP contribution in [0.4, 0.5) is 0 Å². The second-order valence-electron chi connectivity index (χ2n) is 5.10. The van der Waals surface area contributed by atoms with Gasteiger partial charge in [0.15, 0.2) is 0 Å². The van der Waals surface area contributed by atoms with Crippen LogP contribution in [0.2, 0.25) is 5.32 Å². The zero-order chi connectivity index (χ0) is 14.5. The van der Waals surface area contributed by atoms with Crippen LogP contribution in [0.15, 0.2) is 6.33 Å². The standard InChI is InChI=1S/C12H18N4O2Se.HI/c1-16(2,3)10(12(17)18)7-9-11(15-8-14-9)19-6-4-5-13;/h8,10H,4,6-7H2,1-3H3,(H-,14,15,17,18);1H. The van der Waals surface area contributed by atoms with E-state index in [1.165, 1.54) is 0 Å². The molecule has 0 amide bonds. The first-order valence-electron chi connectivity index (χ1n) is 5.90. The summed E-state index contributed by atoms with van der Waals surface area (Å²) in [7, 11) is 5.49. The van der Waals surface area contributed by atoms with Crippen molar-refractivity contribution in [2.24, 2.45) is 0 Å². The number of aromatic nitrogens is 2. The molecule has 8 heteroatoms. The number of rotatable bonds is 7. The SMILES string of the molecule is C[N+](C)(C)C(Cc1[nH]cnc1[Se]CCC#N)C(=O)[O-].I. The van der Waals surface area contributed by atoms with Crippen molar-refractivity contribution >= 4 is 49.5 Å². The van der Waals surface area contributed by atoms with Gasteiger partial charge in [0.25, 0.3) is 0 Å². The molecule has 1 unspecified atom stereocenters. The Kier molecular flexibility index (Phi) is 8.35. The van der Waals surface area contributed by atoms with Gasteiger partial charge in [-0.3, -0.25) is 0 Å². The summed E-state index contributed by atoms with van der Waals surface area (Å²) in [5, 5.41) is 20.6. The van der Waals surface area contributed by atoms with E-state index in [0.29, 0.717) is 17.3 Å². The smallest absolute Gasteiger partial charge is 0.107 e. The summed E-state index contributed by atoms with van der Waals surface area (Å²) in [5.74, 6) is -1.06. The van der Waals surface area contributed by atoms with E-state index in [1.807, 2.05) is 21.1 Å². The van der Waals surface area contributed by atoms with Crippen molar-refractivity contribution in [1.82, 2.24) is 9.97 Å². The molecule has 0 saturated heterocycles. The molecule has 0 aliphatic rings. The van der Waals surface area contributed by atoms with E-state index in [-0.39, 0.29) is 38.9 Å². The van der Waals surface area contributed by atoms with Crippen LogP contribution >= 0.6 is 24.0 Å². The number of quaternary nitrogens is 1. The zero-order valence-electron chi connectivity index (χ0n) is 11.8. The number of carbonyl (C=O) groups excluding carboxylic acids is 1. The third kappa shape index (κ3) is 5.79. The van der Waals surface area contributed by atoms with E-state index in [0.717, 1.165) is 15.6 Å². The maximum atomic E-state index is 11.2. The van der Waals surface area contributed by atoms with Crippen molar-refractivity contribution in [1.29, 1.82) is 5.26 Å². The van der Waals surface area contributed by atoms with Crippen LogP contribution in [0.1, 0.15) is 12.1 Å². The molecule has 0 saturated carbocycles. The number of nitrogens with one attached hydrogen (secondary N) is 1. The first-order valence-corrected chi connectivity index (χ1v) is 7.97. The number of aliphatic carboxylic acids is 1. The summed E-state index contributed by atoms with van der Waals surface area (Å²) in [6.07, 6.45) is 2.46. The Bertz CT molecular complexity index is 479. The van der Waals surface area contributed by atoms with Gasteiger partial charge in [0.1, 0.15) is 0 Å². The Morgan fingerprint density at radius 2 is 2.25 bits per heavy atom. The van der Waals surface area contributed by atoms with Crippen LogP contribution in [-0.4, -0.2) is 62.6 Å². The van der Waals surface area contributed by atoms with Crippen LogP contribution in [0.25, 0.3) is 0 Å². The molecular weight excluding hydrogens is 438 g/mol. The van der Waals surface area contributed by atoms with Crippen molar-refractivity contribution < 1.29 is 14.4 Å². The molecule has 0 aliphatic heterocycles. The number of carbonyl (C=O) groups is 1. The maximum absolute atomic E-state index is 11.2. The predicted molar refractivity (Wildman–Crippen MR) is 85.0 cm³/mol. The number of carboxylic acid groups (broad SMARTS) is 1. The summed E-state index contributed by atoms with van der Waals surface area (Å²) >= 11 is 0.104. The van der Waals surface area contributed by atoms with Crippen molar-refractivity contribution in [2.45, 2.75) is 24.2 Å². The minimum absolute atomic E-state index is 0. The second-order valence-corrected chi connectivity index (χ2v) is 7.37. The fourth-order valence-corrected chi connectivity index (χ4v) is 3.38. The fraction of sp³-hybridized carbons (Fsp3) is 0.583. The van der Waals surface area contributed by atoms with E-state index < -0.39 is 12.0 Å². The van der Waals surface area contributed by atoms with Gasteiger partial charge in [-0.05, 0) is 0 Å². The van der Waals surface area contributed by atoms with Gasteiger partial charge >= 0.3 is 119 Å². The monoisotopic (exact) mass is 458 g/mol. The molecule has 1 aromatic heterocycles. The predicted octanol–water partition coefficient (Wildman–Crippen LogP) is -0.944. The van der Waals surface area contributed by atoms with E-state index in [2.05, 4.69) is 16.0 Å². The number of nitrogens with zero attached hydrogens (tertiary/aromatic N) is 3. The summed E-state index contributed by atoms with van der Waals surface area (Å²) in [4.78, 5) is 18.5. The first-order chi connectivity index (χ1) is 8.86. The maximum Gasteiger partial charge on any atom is -0.107 e. The summed E-state index contributed by atoms with van der Waals surface area (Å²) < 4.78 is 1.20. The number of hydrogen-bond acceptors (Lipinski definition) is 4. The number of likely N-dealkylation sites (N-methyl/N-ethyl adjacent to an activating group) is 1. The van der Waals surface area contributed by atoms with Crippen molar-refractivity contribution in [2.75, 3.05) is 21.1 Å². The van der Waals surface area contributed by atoms with E-state index in [1.54, 1.807) is 6.33 Å². The molecule has 1 aromatic rings. The Morgan fingerprint density at radius 3 is 2.75 bits per heavy atom. The van der Waals surface area contributed by atoms with Crippen LogP contribution < -0.4 is 9.70 Å². The van der Waals surface area contributed by atoms with Gasteiger partial charge in [-0.25, -0.2) is 0 Å². The normalized spacial score (nSPS) is 12.3. The molecule has 0 aliphatic carbocycles. The number of halogens is 1. The summed E-state index contributed by atoms with van der Waals surface area (Å²) in [5.41, 5.74) is 0.847. The zero-order valence-corrected chi connectivity index (χ0v) is 15.8. The van der Waals surface area contributed by atoms with Crippen LogP contribution in [-0.2, 0) is 11.2 Å². The topological polar surface area (TPSA) is 92.6 Å². The molecule has 0 fully saturated rings. The van der Waals surface area contributed by atoms with Crippen molar-refractivity contribution in [3.05, 3.63) is 12.0 Å². The molecule has 0 radical (unpaired) electrons. The Morgan fingerprint density at radius 1 is 1.60 bits per heavy atom. The van der Waals surface area contributed by atoms with Gasteiger partial charge in [-0.2, -0.15) is 0 Å². The second kappa shape index (κ2) is 8.62. The molecule has 6 nitrogen and oxygen atoms in total. The number of aromatic amines is 1. The quantitative estimate of drug-likeness (QED) is 0.248. The first kappa shape index (κ1) is 19.4. The number of nitriles is 1. The van der Waals surface area contributed by atoms with Crippen LogP contribution in [0.3, 0.4) is 0 Å². The average Bonchev–Trinajstić information content (AvgIpc) is 2.72. The Balaban J connectivity index is 0.00000361. The van der Waals surface area contributed by atoms with Gasteiger partial charge < -0.3 is 0 Å². The van der Waals surface area contributed by atoms with Gasteiger partial charge in [0.2, 0.25) is 0 Å². The Hall–Kier alpha value is -0.621. The van der Waals surface area contributed by atoms with E-state index in [9.17, 15) is 9.90 Å².